The second kappa shape index (κ2) is 8.97. The van der Waals surface area contributed by atoms with E-state index in [0.29, 0.717) is 12.1 Å². The van der Waals surface area contributed by atoms with Crippen molar-refractivity contribution in [2.45, 2.75) is 13.3 Å². The summed E-state index contributed by atoms with van der Waals surface area (Å²) in [6.45, 7) is 1.11. The molecule has 0 aliphatic rings. The molecule has 0 bridgehead atoms. The minimum atomic E-state index is -2.74. The fourth-order valence-electron chi connectivity index (χ4n) is 2.65. The smallest absolute Gasteiger partial charge is 0.272 e. The number of anilines is 2. The molecule has 30 heavy (non-hydrogen) atoms. The molecule has 7 nitrogen and oxygen atoms in total. The van der Waals surface area contributed by atoms with Crippen LogP contribution in [-0.4, -0.2) is 40.0 Å². The molecule has 1 aromatic carbocycles. The SMILES string of the molecule is CCNC(=O)c1cc2nc(Nc3c(Cl)cc(F)cc3Cl)n(C)c2nc1OCC(F)F. The van der Waals surface area contributed by atoms with Crippen molar-refractivity contribution in [3.05, 3.63) is 39.6 Å². The lowest BCUT2D eigenvalue weighted by molar-refractivity contribution is 0.0774. The molecule has 3 rings (SSSR count). The Kier molecular flexibility index (Phi) is 6.57. The fraction of sp³-hybridized carbons (Fsp3) is 0.278. The monoisotopic (exact) mass is 461 g/mol. The molecule has 0 saturated carbocycles. The molecular formula is C18H16Cl2F3N5O2. The van der Waals surface area contributed by atoms with Crippen molar-refractivity contribution < 1.29 is 22.7 Å². The molecule has 0 saturated heterocycles. The molecule has 0 spiro atoms. The summed E-state index contributed by atoms with van der Waals surface area (Å²) in [5, 5.41) is 5.52. The Hall–Kier alpha value is -2.72. The van der Waals surface area contributed by atoms with Crippen molar-refractivity contribution in [3.63, 3.8) is 0 Å². The highest BCUT2D eigenvalue weighted by Gasteiger charge is 2.21. The first-order valence-electron chi connectivity index (χ1n) is 8.69. The van der Waals surface area contributed by atoms with Crippen LogP contribution >= 0.6 is 23.2 Å². The minimum absolute atomic E-state index is 0.0315. The third-order valence-electron chi connectivity index (χ3n) is 3.98. The van der Waals surface area contributed by atoms with Crippen LogP contribution in [0.2, 0.25) is 10.0 Å². The van der Waals surface area contributed by atoms with Crippen molar-refractivity contribution in [3.8, 4) is 5.88 Å². The number of nitrogens with one attached hydrogen (secondary N) is 2. The van der Waals surface area contributed by atoms with Gasteiger partial charge < -0.3 is 15.4 Å². The molecule has 2 N–H and O–H groups in total. The van der Waals surface area contributed by atoms with Crippen molar-refractivity contribution in [1.29, 1.82) is 0 Å². The van der Waals surface area contributed by atoms with Gasteiger partial charge in [0, 0.05) is 13.6 Å². The molecule has 0 unspecified atom stereocenters. The lowest BCUT2D eigenvalue weighted by Gasteiger charge is -2.11. The first-order chi connectivity index (χ1) is 14.2. The van der Waals surface area contributed by atoms with E-state index in [1.54, 1.807) is 14.0 Å². The van der Waals surface area contributed by atoms with Crippen LogP contribution in [0.15, 0.2) is 18.2 Å². The summed E-state index contributed by atoms with van der Waals surface area (Å²) >= 11 is 12.1. The number of hydrogen-bond acceptors (Lipinski definition) is 5. The number of alkyl halides is 2. The number of imidazole rings is 1. The standard InChI is InChI=1S/C18H16Cl2F3N5O2/c1-3-24-16(29)9-6-12-15(27-17(9)30-7-13(22)23)28(2)18(25-12)26-14-10(19)4-8(21)5-11(14)20/h4-6,13H,3,7H2,1-2H3,(H,24,29)(H,25,26). The van der Waals surface area contributed by atoms with Crippen LogP contribution in [0.3, 0.4) is 0 Å². The Morgan fingerprint density at radius 2 is 1.90 bits per heavy atom. The Balaban J connectivity index is 2.07. The molecule has 12 heteroatoms. The Morgan fingerprint density at radius 3 is 2.50 bits per heavy atom. The van der Waals surface area contributed by atoms with Crippen molar-refractivity contribution in [2.24, 2.45) is 7.05 Å². The average Bonchev–Trinajstić information content (AvgIpc) is 2.97. The maximum atomic E-state index is 13.4. The largest absolute Gasteiger partial charge is 0.471 e. The van der Waals surface area contributed by atoms with Crippen LogP contribution in [0, 0.1) is 5.82 Å². The number of halogens is 5. The molecule has 0 fully saturated rings. The zero-order chi connectivity index (χ0) is 22.0. The average molecular weight is 462 g/mol. The number of carbonyl (C=O) groups excluding carboxylic acids is 1. The number of carbonyl (C=O) groups is 1. The minimum Gasteiger partial charge on any atom is -0.471 e. The second-order valence-corrected chi connectivity index (χ2v) is 6.92. The van der Waals surface area contributed by atoms with E-state index in [-0.39, 0.29) is 38.8 Å². The van der Waals surface area contributed by atoms with Gasteiger partial charge in [-0.2, -0.15) is 4.98 Å². The number of pyridine rings is 1. The van der Waals surface area contributed by atoms with Gasteiger partial charge in [0.25, 0.3) is 12.3 Å². The van der Waals surface area contributed by atoms with Crippen molar-refractivity contribution in [1.82, 2.24) is 19.9 Å². The molecule has 0 aliphatic carbocycles. The predicted octanol–water partition coefficient (Wildman–Crippen LogP) is 4.55. The first kappa shape index (κ1) is 22.0. The van der Waals surface area contributed by atoms with Crippen LogP contribution in [-0.2, 0) is 7.05 Å². The zero-order valence-electron chi connectivity index (χ0n) is 15.8. The molecule has 160 valence electrons. The number of fused-ring (bicyclic) bond motifs is 1. The van der Waals surface area contributed by atoms with Crippen LogP contribution in [0.1, 0.15) is 17.3 Å². The normalized spacial score (nSPS) is 11.2. The predicted molar refractivity (Wildman–Crippen MR) is 108 cm³/mol. The Morgan fingerprint density at radius 1 is 1.23 bits per heavy atom. The zero-order valence-corrected chi connectivity index (χ0v) is 17.3. The van der Waals surface area contributed by atoms with Crippen molar-refractivity contribution in [2.75, 3.05) is 18.5 Å². The fourth-order valence-corrected chi connectivity index (χ4v) is 3.21. The number of ether oxygens (including phenoxy) is 1. The van der Waals surface area contributed by atoms with E-state index in [1.165, 1.54) is 10.6 Å². The number of benzene rings is 1. The number of aromatic nitrogens is 3. The maximum Gasteiger partial charge on any atom is 0.272 e. The summed E-state index contributed by atoms with van der Waals surface area (Å²) in [6.07, 6.45) is -2.74. The van der Waals surface area contributed by atoms with Gasteiger partial charge in [-0.25, -0.2) is 18.2 Å². The molecule has 1 amide bonds. The van der Waals surface area contributed by atoms with Crippen LogP contribution in [0.25, 0.3) is 11.2 Å². The third kappa shape index (κ3) is 4.54. The van der Waals surface area contributed by atoms with E-state index >= 15 is 0 Å². The van der Waals surface area contributed by atoms with Crippen molar-refractivity contribution >= 4 is 51.9 Å². The molecule has 2 aromatic heterocycles. The summed E-state index contributed by atoms with van der Waals surface area (Å²) in [5.41, 5.74) is 0.730. The van der Waals surface area contributed by atoms with Crippen LogP contribution in [0.4, 0.5) is 24.8 Å². The summed E-state index contributed by atoms with van der Waals surface area (Å²) in [6, 6.07) is 3.55. The molecular weight excluding hydrogens is 446 g/mol. The molecule has 2 heterocycles. The second-order valence-electron chi connectivity index (χ2n) is 6.11. The first-order valence-corrected chi connectivity index (χ1v) is 9.45. The lowest BCUT2D eigenvalue weighted by atomic mass is 10.2. The molecule has 3 aromatic rings. The van der Waals surface area contributed by atoms with E-state index in [2.05, 4.69) is 20.6 Å². The number of rotatable bonds is 7. The summed E-state index contributed by atoms with van der Waals surface area (Å²) < 4.78 is 45.2. The van der Waals surface area contributed by atoms with E-state index in [4.69, 9.17) is 27.9 Å². The highest BCUT2D eigenvalue weighted by Crippen LogP contribution is 2.34. The number of nitrogens with zero attached hydrogens (tertiary/aromatic N) is 3. The van der Waals surface area contributed by atoms with Gasteiger partial charge in [0.05, 0.1) is 15.7 Å². The van der Waals surface area contributed by atoms with Gasteiger partial charge in [-0.05, 0) is 25.1 Å². The van der Waals surface area contributed by atoms with Crippen LogP contribution < -0.4 is 15.4 Å². The van der Waals surface area contributed by atoms with Gasteiger partial charge in [-0.1, -0.05) is 23.2 Å². The van der Waals surface area contributed by atoms with Gasteiger partial charge in [0.2, 0.25) is 11.8 Å². The van der Waals surface area contributed by atoms with E-state index in [0.717, 1.165) is 12.1 Å². The van der Waals surface area contributed by atoms with E-state index < -0.39 is 24.8 Å². The highest BCUT2D eigenvalue weighted by molar-refractivity contribution is 6.39. The maximum absolute atomic E-state index is 13.4. The quantitative estimate of drug-likeness (QED) is 0.539. The third-order valence-corrected chi connectivity index (χ3v) is 4.58. The highest BCUT2D eigenvalue weighted by atomic mass is 35.5. The Bertz CT molecular complexity index is 1080. The lowest BCUT2D eigenvalue weighted by Crippen LogP contribution is -2.24. The van der Waals surface area contributed by atoms with E-state index in [9.17, 15) is 18.0 Å². The van der Waals surface area contributed by atoms with Gasteiger partial charge >= 0.3 is 0 Å². The summed E-state index contributed by atoms with van der Waals surface area (Å²) in [7, 11) is 1.60. The van der Waals surface area contributed by atoms with Gasteiger partial charge in [-0.3, -0.25) is 9.36 Å². The number of aryl methyl sites for hydroxylation is 1. The summed E-state index contributed by atoms with van der Waals surface area (Å²) in [4.78, 5) is 20.9. The Labute approximate surface area is 179 Å². The number of hydrogen-bond donors (Lipinski definition) is 2. The van der Waals surface area contributed by atoms with E-state index in [1.807, 2.05) is 0 Å². The topological polar surface area (TPSA) is 81.1 Å². The van der Waals surface area contributed by atoms with Gasteiger partial charge in [0.15, 0.2) is 12.3 Å². The van der Waals surface area contributed by atoms with Gasteiger partial charge in [-0.15, -0.1) is 0 Å². The van der Waals surface area contributed by atoms with Crippen LogP contribution in [0.5, 0.6) is 5.88 Å². The molecule has 0 radical (unpaired) electrons. The molecule has 0 atom stereocenters. The summed E-state index contributed by atoms with van der Waals surface area (Å²) in [5.74, 6) is -1.17. The number of amides is 1. The molecule has 0 aliphatic heterocycles. The van der Waals surface area contributed by atoms with Gasteiger partial charge in [0.1, 0.15) is 16.9 Å².